The number of benzene rings is 2. The van der Waals surface area contributed by atoms with Crippen molar-refractivity contribution in [3.8, 4) is 0 Å². The molecule has 0 unspecified atom stereocenters. The van der Waals surface area contributed by atoms with E-state index in [9.17, 15) is 4.79 Å². The first-order valence-electron chi connectivity index (χ1n) is 12.9. The topological polar surface area (TPSA) is 46.9 Å². The van der Waals surface area contributed by atoms with Gasteiger partial charge in [-0.2, -0.15) is 0 Å². The normalized spacial score (nSPS) is 11.2. The Morgan fingerprint density at radius 3 is 2.48 bits per heavy atom. The zero-order valence-corrected chi connectivity index (χ0v) is 20.8. The Kier molecular flexibility index (Phi) is 9.99. The highest BCUT2D eigenvalue weighted by atomic mass is 16.1. The molecular formula is C29H41N3O. The largest absolute Gasteiger partial charge is 0.352 e. The van der Waals surface area contributed by atoms with Crippen LogP contribution in [0.5, 0.6) is 0 Å². The maximum atomic E-state index is 12.4. The molecule has 0 aliphatic heterocycles. The number of hydrogen-bond donors (Lipinski definition) is 1. The number of aromatic nitrogens is 2. The van der Waals surface area contributed by atoms with Crippen LogP contribution < -0.4 is 5.32 Å². The van der Waals surface area contributed by atoms with Crippen LogP contribution in [0.25, 0.3) is 11.0 Å². The molecule has 1 aromatic heterocycles. The van der Waals surface area contributed by atoms with E-state index in [-0.39, 0.29) is 5.91 Å². The lowest BCUT2D eigenvalue weighted by Gasteiger charge is -2.10. The summed E-state index contributed by atoms with van der Waals surface area (Å²) in [4.78, 5) is 17.4. The molecule has 2 aromatic carbocycles. The highest BCUT2D eigenvalue weighted by molar-refractivity contribution is 5.95. The van der Waals surface area contributed by atoms with Gasteiger partial charge in [0.1, 0.15) is 5.82 Å². The van der Waals surface area contributed by atoms with Crippen molar-refractivity contribution in [2.75, 3.05) is 6.54 Å². The Morgan fingerprint density at radius 2 is 1.67 bits per heavy atom. The van der Waals surface area contributed by atoms with Gasteiger partial charge in [-0.1, -0.05) is 75.3 Å². The average molecular weight is 448 g/mol. The van der Waals surface area contributed by atoms with E-state index in [2.05, 4.69) is 54.1 Å². The molecule has 0 aliphatic carbocycles. The minimum atomic E-state index is 0.0354. The number of fused-ring (bicyclic) bond motifs is 1. The van der Waals surface area contributed by atoms with Crippen molar-refractivity contribution < 1.29 is 4.79 Å². The van der Waals surface area contributed by atoms with Crippen molar-refractivity contribution >= 4 is 16.9 Å². The van der Waals surface area contributed by atoms with Gasteiger partial charge in [0.25, 0.3) is 5.91 Å². The molecule has 0 aliphatic rings. The second-order valence-electron chi connectivity index (χ2n) is 9.32. The predicted molar refractivity (Wildman–Crippen MR) is 139 cm³/mol. The molecule has 0 bridgehead atoms. The molecule has 1 heterocycles. The van der Waals surface area contributed by atoms with Gasteiger partial charge in [0, 0.05) is 25.1 Å². The molecule has 178 valence electrons. The number of carbonyl (C=O) groups excluding carboxylic acids is 1. The lowest BCUT2D eigenvalue weighted by Crippen LogP contribution is -2.25. The van der Waals surface area contributed by atoms with E-state index in [0.29, 0.717) is 0 Å². The highest BCUT2D eigenvalue weighted by Gasteiger charge is 2.11. The summed E-state index contributed by atoms with van der Waals surface area (Å²) >= 11 is 0. The van der Waals surface area contributed by atoms with E-state index in [1.165, 1.54) is 55.4 Å². The molecule has 0 radical (unpaired) electrons. The third kappa shape index (κ3) is 7.45. The van der Waals surface area contributed by atoms with Gasteiger partial charge in [0.2, 0.25) is 0 Å². The molecule has 3 aromatic rings. The molecule has 1 N–H and O–H groups in total. The first kappa shape index (κ1) is 25.0. The molecule has 0 atom stereocenters. The number of hydrogen-bond acceptors (Lipinski definition) is 2. The second kappa shape index (κ2) is 13.2. The summed E-state index contributed by atoms with van der Waals surface area (Å²) < 4.78 is 2.44. The van der Waals surface area contributed by atoms with Crippen LogP contribution in [-0.4, -0.2) is 22.0 Å². The van der Waals surface area contributed by atoms with Gasteiger partial charge in [-0.15, -0.1) is 0 Å². The standard InChI is InChI=1S/C29H41N3O/c1-4-5-6-7-8-14-21-32-27-16-12-11-15-26(27)31-28(32)17-10-9-13-20-30-29(33)25-19-18-23(2)22-24(25)3/h11-12,15-16,18-19,22H,4-10,13-14,17,20-21H2,1-3H3,(H,30,33). The fourth-order valence-electron chi connectivity index (χ4n) is 4.57. The first-order chi connectivity index (χ1) is 16.1. The zero-order valence-electron chi connectivity index (χ0n) is 20.8. The third-order valence-corrected chi connectivity index (χ3v) is 6.46. The van der Waals surface area contributed by atoms with Crippen LogP contribution >= 0.6 is 0 Å². The SMILES string of the molecule is CCCCCCCCn1c(CCCCCNC(=O)c2ccc(C)cc2C)nc2ccccc21. The molecule has 0 fully saturated rings. The maximum Gasteiger partial charge on any atom is 0.251 e. The summed E-state index contributed by atoms with van der Waals surface area (Å²) in [5, 5.41) is 3.08. The van der Waals surface area contributed by atoms with E-state index < -0.39 is 0 Å². The molecule has 0 saturated carbocycles. The number of aryl methyl sites for hydroxylation is 4. The zero-order chi connectivity index (χ0) is 23.5. The van der Waals surface area contributed by atoms with E-state index in [0.717, 1.165) is 55.4 Å². The number of nitrogens with zero attached hydrogens (tertiary/aromatic N) is 2. The summed E-state index contributed by atoms with van der Waals surface area (Å²) in [5.41, 5.74) is 5.38. The van der Waals surface area contributed by atoms with Crippen LogP contribution in [0.1, 0.15) is 92.0 Å². The van der Waals surface area contributed by atoms with E-state index in [1.54, 1.807) is 0 Å². The number of amides is 1. The maximum absolute atomic E-state index is 12.4. The number of para-hydroxylation sites is 2. The van der Waals surface area contributed by atoms with Gasteiger partial charge >= 0.3 is 0 Å². The quantitative estimate of drug-likeness (QED) is 0.267. The van der Waals surface area contributed by atoms with Crippen molar-refractivity contribution in [3.63, 3.8) is 0 Å². The van der Waals surface area contributed by atoms with Gasteiger partial charge in [0.15, 0.2) is 0 Å². The number of imidazole rings is 1. The molecule has 33 heavy (non-hydrogen) atoms. The Hall–Kier alpha value is -2.62. The summed E-state index contributed by atoms with van der Waals surface area (Å²) in [7, 11) is 0. The lowest BCUT2D eigenvalue weighted by atomic mass is 10.1. The monoisotopic (exact) mass is 447 g/mol. The molecule has 4 heteroatoms. The first-order valence-corrected chi connectivity index (χ1v) is 12.9. The predicted octanol–water partition coefficient (Wildman–Crippen LogP) is 7.16. The molecule has 0 spiro atoms. The van der Waals surface area contributed by atoms with Crippen molar-refractivity contribution in [1.29, 1.82) is 0 Å². The minimum Gasteiger partial charge on any atom is -0.352 e. The molecule has 1 amide bonds. The van der Waals surface area contributed by atoms with Crippen LogP contribution in [-0.2, 0) is 13.0 Å². The Morgan fingerprint density at radius 1 is 0.909 bits per heavy atom. The number of unbranched alkanes of at least 4 members (excludes halogenated alkanes) is 7. The van der Waals surface area contributed by atoms with Crippen LogP contribution in [0.15, 0.2) is 42.5 Å². The van der Waals surface area contributed by atoms with Gasteiger partial charge < -0.3 is 9.88 Å². The van der Waals surface area contributed by atoms with E-state index in [4.69, 9.17) is 4.98 Å². The third-order valence-electron chi connectivity index (χ3n) is 6.46. The van der Waals surface area contributed by atoms with Crippen LogP contribution in [0, 0.1) is 13.8 Å². The number of nitrogens with one attached hydrogen (secondary N) is 1. The Balaban J connectivity index is 1.44. The van der Waals surface area contributed by atoms with E-state index in [1.807, 2.05) is 19.1 Å². The van der Waals surface area contributed by atoms with Gasteiger partial charge in [-0.25, -0.2) is 4.98 Å². The Labute approximate surface area is 199 Å². The summed E-state index contributed by atoms with van der Waals surface area (Å²) in [6.45, 7) is 8.10. The summed E-state index contributed by atoms with van der Waals surface area (Å²) in [6.07, 6.45) is 12.0. The summed E-state index contributed by atoms with van der Waals surface area (Å²) in [6, 6.07) is 14.5. The van der Waals surface area contributed by atoms with Crippen molar-refractivity contribution in [3.05, 3.63) is 65.0 Å². The smallest absolute Gasteiger partial charge is 0.251 e. The van der Waals surface area contributed by atoms with Crippen molar-refractivity contribution in [2.45, 2.75) is 91.5 Å². The Bertz CT molecular complexity index is 1020. The minimum absolute atomic E-state index is 0.0354. The fourth-order valence-corrected chi connectivity index (χ4v) is 4.57. The van der Waals surface area contributed by atoms with Crippen molar-refractivity contribution in [2.24, 2.45) is 0 Å². The number of carbonyl (C=O) groups is 1. The van der Waals surface area contributed by atoms with Crippen LogP contribution in [0.2, 0.25) is 0 Å². The van der Waals surface area contributed by atoms with Gasteiger partial charge in [-0.3, -0.25) is 4.79 Å². The fraction of sp³-hybridized carbons (Fsp3) is 0.517. The molecule has 0 saturated heterocycles. The van der Waals surface area contributed by atoms with Crippen LogP contribution in [0.4, 0.5) is 0 Å². The van der Waals surface area contributed by atoms with Gasteiger partial charge in [-0.05, 0) is 56.9 Å². The van der Waals surface area contributed by atoms with E-state index >= 15 is 0 Å². The molecular weight excluding hydrogens is 406 g/mol. The van der Waals surface area contributed by atoms with Crippen molar-refractivity contribution in [1.82, 2.24) is 14.9 Å². The molecule has 3 rings (SSSR count). The average Bonchev–Trinajstić information content (AvgIpc) is 3.15. The number of rotatable bonds is 14. The van der Waals surface area contributed by atoms with Gasteiger partial charge in [0.05, 0.1) is 11.0 Å². The molecule has 4 nitrogen and oxygen atoms in total. The highest BCUT2D eigenvalue weighted by Crippen LogP contribution is 2.19. The van der Waals surface area contributed by atoms with Crippen LogP contribution in [0.3, 0.4) is 0 Å². The second-order valence-corrected chi connectivity index (χ2v) is 9.32. The summed E-state index contributed by atoms with van der Waals surface area (Å²) in [5.74, 6) is 1.25. The lowest BCUT2D eigenvalue weighted by molar-refractivity contribution is 0.0952.